The molecule has 0 spiro atoms. The van der Waals surface area contributed by atoms with E-state index in [1.165, 1.54) is 29.2 Å². The molecule has 0 bridgehead atoms. The Hall–Kier alpha value is -3.18. The third-order valence-corrected chi connectivity index (χ3v) is 7.02. The molecule has 0 aliphatic carbocycles. The number of amides is 1. The Balaban J connectivity index is 1.32. The number of nitro benzene ring substituents is 1. The fraction of sp³-hybridized carbons (Fsp3) is 0.286. The zero-order chi connectivity index (χ0) is 22.5. The van der Waals surface area contributed by atoms with Crippen LogP contribution in [0.15, 0.2) is 46.8 Å². The van der Waals surface area contributed by atoms with E-state index in [4.69, 9.17) is 4.74 Å². The molecular weight excluding hydrogens is 450 g/mol. The molecule has 9 nitrogen and oxygen atoms in total. The van der Waals surface area contributed by atoms with Gasteiger partial charge in [0.15, 0.2) is 4.34 Å². The molecule has 2 heterocycles. The van der Waals surface area contributed by atoms with Gasteiger partial charge in [-0.2, -0.15) is 0 Å². The Bertz CT molecular complexity index is 1120. The topological polar surface area (TPSA) is 110 Å². The molecule has 0 saturated carbocycles. The number of carbonyl (C=O) groups excluding carboxylic acids is 1. The van der Waals surface area contributed by atoms with E-state index in [9.17, 15) is 14.9 Å². The van der Waals surface area contributed by atoms with Crippen LogP contribution in [-0.4, -0.2) is 40.4 Å². The van der Waals surface area contributed by atoms with Crippen LogP contribution in [0.5, 0.6) is 5.75 Å². The number of carbonyl (C=O) groups is 1. The number of fused-ring (bicyclic) bond motifs is 1. The largest absolute Gasteiger partial charge is 0.497 e. The molecule has 166 valence electrons. The SMILES string of the molecule is COc1ccc(CNc2nnc(SCC(=O)N3CCCc4cc([N+](=O)[O-])ccc43)s2)cc1. The monoisotopic (exact) mass is 471 g/mol. The van der Waals surface area contributed by atoms with Crippen LogP contribution in [0.4, 0.5) is 16.5 Å². The molecule has 32 heavy (non-hydrogen) atoms. The third kappa shape index (κ3) is 5.17. The van der Waals surface area contributed by atoms with Gasteiger partial charge in [0.25, 0.3) is 5.69 Å². The Morgan fingerprint density at radius 2 is 2.09 bits per heavy atom. The number of anilines is 2. The van der Waals surface area contributed by atoms with Crippen LogP contribution in [0.1, 0.15) is 17.5 Å². The molecule has 0 radical (unpaired) electrons. The van der Waals surface area contributed by atoms with Gasteiger partial charge in [-0.25, -0.2) is 0 Å². The minimum atomic E-state index is -0.410. The molecule has 1 amide bonds. The van der Waals surface area contributed by atoms with Gasteiger partial charge in [0.1, 0.15) is 5.75 Å². The summed E-state index contributed by atoms with van der Waals surface area (Å²) >= 11 is 2.74. The lowest BCUT2D eigenvalue weighted by molar-refractivity contribution is -0.384. The minimum Gasteiger partial charge on any atom is -0.497 e. The number of ether oxygens (including phenoxy) is 1. The van der Waals surface area contributed by atoms with Crippen LogP contribution in [-0.2, 0) is 17.8 Å². The van der Waals surface area contributed by atoms with Crippen molar-refractivity contribution >= 4 is 45.5 Å². The fourth-order valence-electron chi connectivity index (χ4n) is 3.42. The predicted molar refractivity (Wildman–Crippen MR) is 125 cm³/mol. The first-order chi connectivity index (χ1) is 15.5. The lowest BCUT2D eigenvalue weighted by Gasteiger charge is -2.29. The van der Waals surface area contributed by atoms with Gasteiger partial charge in [-0.05, 0) is 42.2 Å². The van der Waals surface area contributed by atoms with Crippen molar-refractivity contribution in [2.24, 2.45) is 0 Å². The molecule has 1 N–H and O–H groups in total. The molecule has 2 aromatic carbocycles. The summed E-state index contributed by atoms with van der Waals surface area (Å²) in [6.07, 6.45) is 1.51. The third-order valence-electron chi connectivity index (χ3n) is 5.02. The number of nitrogens with zero attached hydrogens (tertiary/aromatic N) is 4. The summed E-state index contributed by atoms with van der Waals surface area (Å²) in [4.78, 5) is 25.1. The second kappa shape index (κ2) is 9.96. The van der Waals surface area contributed by atoms with Crippen LogP contribution in [0.25, 0.3) is 0 Å². The number of benzene rings is 2. The van der Waals surface area contributed by atoms with Crippen LogP contribution in [0, 0.1) is 10.1 Å². The van der Waals surface area contributed by atoms with E-state index in [2.05, 4.69) is 15.5 Å². The highest BCUT2D eigenvalue weighted by molar-refractivity contribution is 8.01. The maximum absolute atomic E-state index is 12.8. The highest BCUT2D eigenvalue weighted by Gasteiger charge is 2.24. The van der Waals surface area contributed by atoms with Crippen molar-refractivity contribution in [3.05, 3.63) is 63.7 Å². The summed E-state index contributed by atoms with van der Waals surface area (Å²) in [5.41, 5.74) is 2.74. The Labute approximate surface area is 193 Å². The Morgan fingerprint density at radius 3 is 2.84 bits per heavy atom. The van der Waals surface area contributed by atoms with E-state index in [0.717, 1.165) is 35.4 Å². The molecule has 0 fully saturated rings. The van der Waals surface area contributed by atoms with E-state index < -0.39 is 4.92 Å². The second-order valence-corrected chi connectivity index (χ2v) is 9.28. The fourth-order valence-corrected chi connectivity index (χ4v) is 5.04. The summed E-state index contributed by atoms with van der Waals surface area (Å²) in [6, 6.07) is 12.4. The maximum Gasteiger partial charge on any atom is 0.269 e. The predicted octanol–water partition coefficient (Wildman–Crippen LogP) is 4.14. The minimum absolute atomic E-state index is 0.0484. The highest BCUT2D eigenvalue weighted by atomic mass is 32.2. The number of non-ortho nitro benzene ring substituents is 1. The van der Waals surface area contributed by atoms with Crippen LogP contribution < -0.4 is 15.0 Å². The van der Waals surface area contributed by atoms with E-state index in [1.807, 2.05) is 24.3 Å². The molecule has 3 aromatic rings. The lowest BCUT2D eigenvalue weighted by Crippen LogP contribution is -2.36. The highest BCUT2D eigenvalue weighted by Crippen LogP contribution is 2.32. The molecular formula is C21H21N5O4S2. The molecule has 0 atom stereocenters. The molecule has 1 aliphatic rings. The smallest absolute Gasteiger partial charge is 0.269 e. The molecule has 1 aliphatic heterocycles. The van der Waals surface area contributed by atoms with E-state index >= 15 is 0 Å². The zero-order valence-electron chi connectivity index (χ0n) is 17.3. The first-order valence-corrected chi connectivity index (χ1v) is 11.7. The summed E-state index contributed by atoms with van der Waals surface area (Å²) in [5.74, 6) is 0.985. The van der Waals surface area contributed by atoms with Crippen molar-refractivity contribution in [2.75, 3.05) is 29.6 Å². The number of methoxy groups -OCH3 is 1. The standard InChI is InChI=1S/C21H21N5O4S2/c1-30-17-7-4-14(5-8-17)12-22-20-23-24-21(32-20)31-13-19(27)25-10-2-3-15-11-16(26(28)29)6-9-18(15)25/h4-9,11H,2-3,10,12-13H2,1H3,(H,22,23). The van der Waals surface area contributed by atoms with Gasteiger partial charge in [-0.3, -0.25) is 14.9 Å². The lowest BCUT2D eigenvalue weighted by atomic mass is 10.0. The molecule has 0 saturated heterocycles. The van der Waals surface area contributed by atoms with Gasteiger partial charge < -0.3 is 15.0 Å². The summed E-state index contributed by atoms with van der Waals surface area (Å²) in [6.45, 7) is 1.22. The Kier molecular flexibility index (Phi) is 6.86. The molecule has 0 unspecified atom stereocenters. The van der Waals surface area contributed by atoms with Crippen molar-refractivity contribution in [3.63, 3.8) is 0 Å². The van der Waals surface area contributed by atoms with Gasteiger partial charge in [0.05, 0.1) is 17.8 Å². The zero-order valence-corrected chi connectivity index (χ0v) is 18.9. The van der Waals surface area contributed by atoms with E-state index in [-0.39, 0.29) is 17.3 Å². The van der Waals surface area contributed by atoms with E-state index in [1.54, 1.807) is 24.1 Å². The van der Waals surface area contributed by atoms with Crippen molar-refractivity contribution in [2.45, 2.75) is 23.7 Å². The number of hydrogen-bond acceptors (Lipinski definition) is 9. The van der Waals surface area contributed by atoms with Crippen molar-refractivity contribution in [1.29, 1.82) is 0 Å². The van der Waals surface area contributed by atoms with Crippen molar-refractivity contribution < 1.29 is 14.5 Å². The van der Waals surface area contributed by atoms with Gasteiger partial charge in [0, 0.05) is 30.9 Å². The number of hydrogen-bond donors (Lipinski definition) is 1. The first-order valence-electron chi connectivity index (χ1n) is 9.94. The molecule has 4 rings (SSSR count). The van der Waals surface area contributed by atoms with Crippen LogP contribution in [0.3, 0.4) is 0 Å². The second-order valence-electron chi connectivity index (χ2n) is 7.08. The van der Waals surface area contributed by atoms with Gasteiger partial charge in [-0.1, -0.05) is 35.2 Å². The van der Waals surface area contributed by atoms with E-state index in [0.29, 0.717) is 22.6 Å². The number of nitro groups is 1. The average molecular weight is 472 g/mol. The number of rotatable bonds is 8. The van der Waals surface area contributed by atoms with Crippen LogP contribution >= 0.6 is 23.1 Å². The number of aryl methyl sites for hydroxylation is 1. The summed E-state index contributed by atoms with van der Waals surface area (Å²) in [7, 11) is 1.63. The van der Waals surface area contributed by atoms with Gasteiger partial charge >= 0.3 is 0 Å². The van der Waals surface area contributed by atoms with Crippen molar-refractivity contribution in [1.82, 2.24) is 10.2 Å². The van der Waals surface area contributed by atoms with Crippen molar-refractivity contribution in [3.8, 4) is 5.75 Å². The maximum atomic E-state index is 12.8. The van der Waals surface area contributed by atoms with Gasteiger partial charge in [0.2, 0.25) is 11.0 Å². The number of thioether (sulfide) groups is 1. The van der Waals surface area contributed by atoms with Crippen LogP contribution in [0.2, 0.25) is 0 Å². The number of aromatic nitrogens is 2. The summed E-state index contributed by atoms with van der Waals surface area (Å²) < 4.78 is 5.86. The number of nitrogens with one attached hydrogen (secondary N) is 1. The quantitative estimate of drug-likeness (QED) is 0.296. The van der Waals surface area contributed by atoms with Gasteiger partial charge in [-0.15, -0.1) is 10.2 Å². The molecule has 11 heteroatoms. The Morgan fingerprint density at radius 1 is 1.28 bits per heavy atom. The normalized spacial score (nSPS) is 12.8. The first kappa shape index (κ1) is 22.0. The average Bonchev–Trinajstić information content (AvgIpc) is 3.28. The summed E-state index contributed by atoms with van der Waals surface area (Å²) in [5, 5.41) is 23.2. The molecule has 1 aromatic heterocycles.